The number of terminal acetylenes is 1. The molecule has 264 valence electrons. The van der Waals surface area contributed by atoms with E-state index in [1.165, 1.54) is 24.3 Å². The van der Waals surface area contributed by atoms with Gasteiger partial charge in [0.1, 0.15) is 41.2 Å². The molecule has 2 aromatic heterocycles. The molecule has 5 aromatic rings. The second-order valence-corrected chi connectivity index (χ2v) is 14.8. The average Bonchev–Trinajstić information content (AvgIpc) is 3.84. The van der Waals surface area contributed by atoms with Crippen molar-refractivity contribution in [3.63, 3.8) is 0 Å². The Labute approximate surface area is 292 Å². The fourth-order valence-electron chi connectivity index (χ4n) is 9.45. The number of ether oxygens (including phenoxy) is 2. The van der Waals surface area contributed by atoms with Crippen LogP contribution in [0.25, 0.3) is 43.7 Å². The number of benzene rings is 3. The Hall–Kier alpha value is -4.64. The molecule has 0 spiro atoms. The van der Waals surface area contributed by atoms with E-state index in [1.54, 1.807) is 25.0 Å². The summed E-state index contributed by atoms with van der Waals surface area (Å²) in [6.45, 7) is 3.00. The van der Waals surface area contributed by atoms with Gasteiger partial charge in [-0.1, -0.05) is 12.0 Å². The van der Waals surface area contributed by atoms with Crippen LogP contribution in [-0.2, 0) is 11.8 Å². The Balaban J connectivity index is 1.29. The summed E-state index contributed by atoms with van der Waals surface area (Å²) >= 11 is 0. The average molecular weight is 698 g/mol. The molecule has 6 heterocycles. The second kappa shape index (κ2) is 11.7. The molecule has 0 radical (unpaired) electrons. The van der Waals surface area contributed by atoms with E-state index in [0.29, 0.717) is 54.6 Å². The molecule has 0 amide bonds. The van der Waals surface area contributed by atoms with Crippen LogP contribution in [0.3, 0.4) is 0 Å². The SMILES string of the molecule is C#Cc1c(F)ccc2cc(O)cc(-c3c(F)c4nc(OCC56CCCN5C[C@H](F)C6)nc(N5CC6CCC(COC)(C5)N6)c4c4cn(C)nc34)c12. The number of aromatic nitrogens is 4. The van der Waals surface area contributed by atoms with Gasteiger partial charge in [-0.05, 0) is 61.4 Å². The summed E-state index contributed by atoms with van der Waals surface area (Å²) in [6, 6.07) is 5.72. The quantitative estimate of drug-likeness (QED) is 0.222. The molecule has 51 heavy (non-hydrogen) atoms. The van der Waals surface area contributed by atoms with Crippen molar-refractivity contribution in [3.05, 3.63) is 47.7 Å². The van der Waals surface area contributed by atoms with Crippen molar-refractivity contribution in [1.29, 1.82) is 0 Å². The number of methoxy groups -OCH3 is 1. The lowest BCUT2D eigenvalue weighted by molar-refractivity contribution is 0.107. The maximum absolute atomic E-state index is 17.7. The molecule has 4 aliphatic heterocycles. The van der Waals surface area contributed by atoms with Crippen LogP contribution in [0.5, 0.6) is 11.8 Å². The van der Waals surface area contributed by atoms with Crippen molar-refractivity contribution in [3.8, 4) is 35.2 Å². The van der Waals surface area contributed by atoms with E-state index in [4.69, 9.17) is 31.0 Å². The molecule has 4 fully saturated rings. The molecule has 4 saturated heterocycles. The first-order valence-electron chi connectivity index (χ1n) is 17.4. The molecule has 2 bridgehead atoms. The van der Waals surface area contributed by atoms with Gasteiger partial charge in [-0.3, -0.25) is 9.58 Å². The van der Waals surface area contributed by atoms with Gasteiger partial charge in [0.15, 0.2) is 5.82 Å². The first-order chi connectivity index (χ1) is 24.6. The van der Waals surface area contributed by atoms with Gasteiger partial charge in [0.25, 0.3) is 0 Å². The summed E-state index contributed by atoms with van der Waals surface area (Å²) in [5, 5.41) is 21.0. The monoisotopic (exact) mass is 697 g/mol. The highest BCUT2D eigenvalue weighted by molar-refractivity contribution is 6.18. The van der Waals surface area contributed by atoms with Gasteiger partial charge in [-0.2, -0.15) is 15.1 Å². The number of phenolic OH excluding ortho intramolecular Hbond substituents is 1. The molecule has 2 N–H and O–H groups in total. The van der Waals surface area contributed by atoms with E-state index < -0.39 is 23.3 Å². The predicted octanol–water partition coefficient (Wildman–Crippen LogP) is 5.21. The lowest BCUT2D eigenvalue weighted by Gasteiger charge is -2.42. The number of rotatable bonds is 7. The standard InChI is InChI=1S/C38H38F3N7O3/c1-4-25-28(40)7-6-21-12-24(49)13-26(29(21)25)30-32(41)34-31(27-17-46(2)45-33(27)30)35(47-16-23-8-10-37(18-47,44-23)19-50-3)43-36(42-34)51-20-38-9-5-11-48(38)15-22(39)14-38/h1,6-7,12-13,17,22-23,44,49H,5,8-11,14-16,18-20H2,2-3H3/t22-,23?,37?,38?/m1/s1. The van der Waals surface area contributed by atoms with Crippen molar-refractivity contribution in [2.75, 3.05) is 51.4 Å². The maximum Gasteiger partial charge on any atom is 0.319 e. The smallest absolute Gasteiger partial charge is 0.319 e. The third-order valence-corrected chi connectivity index (χ3v) is 11.5. The Morgan fingerprint density at radius 2 is 1.98 bits per heavy atom. The van der Waals surface area contributed by atoms with Crippen LogP contribution in [0.15, 0.2) is 30.5 Å². The number of piperazine rings is 1. The summed E-state index contributed by atoms with van der Waals surface area (Å²) in [5.74, 6) is 1.40. The van der Waals surface area contributed by atoms with Gasteiger partial charge in [0.2, 0.25) is 0 Å². The zero-order valence-electron chi connectivity index (χ0n) is 28.5. The molecule has 3 aromatic carbocycles. The Morgan fingerprint density at radius 3 is 2.80 bits per heavy atom. The number of alkyl halides is 1. The van der Waals surface area contributed by atoms with Crippen molar-refractivity contribution in [2.24, 2.45) is 7.05 Å². The van der Waals surface area contributed by atoms with Crippen molar-refractivity contribution >= 4 is 38.4 Å². The number of aromatic hydroxyl groups is 1. The van der Waals surface area contributed by atoms with Crippen LogP contribution >= 0.6 is 0 Å². The van der Waals surface area contributed by atoms with Gasteiger partial charge >= 0.3 is 6.01 Å². The molecular formula is C38H38F3N7O3. The topological polar surface area (TPSA) is 101 Å². The number of aryl methyl sites for hydroxylation is 1. The number of hydrogen-bond donors (Lipinski definition) is 2. The second-order valence-electron chi connectivity index (χ2n) is 14.8. The van der Waals surface area contributed by atoms with E-state index in [2.05, 4.69) is 21.0 Å². The summed E-state index contributed by atoms with van der Waals surface area (Å²) in [4.78, 5) is 14.0. The highest BCUT2D eigenvalue weighted by Gasteiger charge is 2.50. The van der Waals surface area contributed by atoms with Crippen LogP contribution in [0.1, 0.15) is 37.7 Å². The van der Waals surface area contributed by atoms with Gasteiger partial charge in [0, 0.05) is 68.8 Å². The van der Waals surface area contributed by atoms with Gasteiger partial charge in [-0.15, -0.1) is 6.42 Å². The number of fused-ring (bicyclic) bond motifs is 7. The minimum absolute atomic E-state index is 0.0112. The fourth-order valence-corrected chi connectivity index (χ4v) is 9.45. The first-order valence-corrected chi connectivity index (χ1v) is 17.4. The van der Waals surface area contributed by atoms with E-state index in [0.717, 1.165) is 32.2 Å². The minimum atomic E-state index is -0.941. The van der Waals surface area contributed by atoms with Gasteiger partial charge in [-0.25, -0.2) is 13.2 Å². The first kappa shape index (κ1) is 32.3. The number of anilines is 1. The van der Waals surface area contributed by atoms with Gasteiger partial charge < -0.3 is 24.8 Å². The molecule has 9 rings (SSSR count). The fraction of sp³-hybridized carbons (Fsp3) is 0.447. The largest absolute Gasteiger partial charge is 0.508 e. The summed E-state index contributed by atoms with van der Waals surface area (Å²) in [6.07, 6.45) is 10.6. The highest BCUT2D eigenvalue weighted by Crippen LogP contribution is 2.46. The molecule has 10 nitrogen and oxygen atoms in total. The van der Waals surface area contributed by atoms with Crippen molar-refractivity contribution in [2.45, 2.75) is 55.4 Å². The molecular weight excluding hydrogens is 659 g/mol. The molecule has 4 aliphatic rings. The summed E-state index contributed by atoms with van der Waals surface area (Å²) in [7, 11) is 3.42. The van der Waals surface area contributed by atoms with Gasteiger partial charge in [0.05, 0.1) is 28.6 Å². The van der Waals surface area contributed by atoms with Crippen LogP contribution in [0.4, 0.5) is 19.0 Å². The number of hydrogen-bond acceptors (Lipinski definition) is 9. The molecule has 13 heteroatoms. The minimum Gasteiger partial charge on any atom is -0.508 e. The van der Waals surface area contributed by atoms with Crippen LogP contribution in [0.2, 0.25) is 0 Å². The number of nitrogens with zero attached hydrogens (tertiary/aromatic N) is 6. The van der Waals surface area contributed by atoms with Crippen LogP contribution in [-0.4, -0.2) is 99.5 Å². The Morgan fingerprint density at radius 1 is 1.12 bits per heavy atom. The van der Waals surface area contributed by atoms with E-state index >= 15 is 8.78 Å². The number of halogens is 3. The Bertz CT molecular complexity index is 2290. The van der Waals surface area contributed by atoms with E-state index in [-0.39, 0.29) is 63.1 Å². The molecule has 3 unspecified atom stereocenters. The maximum atomic E-state index is 17.7. The highest BCUT2D eigenvalue weighted by atomic mass is 19.1. The summed E-state index contributed by atoms with van der Waals surface area (Å²) < 4.78 is 61.1. The lowest BCUT2D eigenvalue weighted by Crippen LogP contribution is -2.61. The number of phenols is 1. The zero-order chi connectivity index (χ0) is 35.2. The van der Waals surface area contributed by atoms with Crippen LogP contribution < -0.4 is 15.0 Å². The van der Waals surface area contributed by atoms with Crippen LogP contribution in [0, 0.1) is 24.0 Å². The Kier molecular flexibility index (Phi) is 7.40. The van der Waals surface area contributed by atoms with E-state index in [1.807, 2.05) is 0 Å². The molecule has 4 atom stereocenters. The number of nitrogens with one attached hydrogen (secondary N) is 1. The normalized spacial score (nSPS) is 26.1. The zero-order valence-corrected chi connectivity index (χ0v) is 28.5. The third-order valence-electron chi connectivity index (χ3n) is 11.5. The van der Waals surface area contributed by atoms with Crippen molar-refractivity contribution < 1.29 is 27.8 Å². The van der Waals surface area contributed by atoms with Crippen molar-refractivity contribution in [1.82, 2.24) is 30.0 Å². The summed E-state index contributed by atoms with van der Waals surface area (Å²) in [5.41, 5.74) is -0.370. The molecule has 0 aliphatic carbocycles. The van der Waals surface area contributed by atoms with E-state index in [9.17, 15) is 9.50 Å². The predicted molar refractivity (Wildman–Crippen MR) is 188 cm³/mol. The third kappa shape index (κ3) is 5.02. The lowest BCUT2D eigenvalue weighted by atomic mass is 9.91. The molecule has 0 saturated carbocycles.